The van der Waals surface area contributed by atoms with E-state index in [2.05, 4.69) is 0 Å². The van der Waals surface area contributed by atoms with Gasteiger partial charge in [-0.1, -0.05) is 29.0 Å². The number of fused-ring (bicyclic) bond motifs is 1. The summed E-state index contributed by atoms with van der Waals surface area (Å²) in [4.78, 5) is 13.4. The largest absolute Gasteiger partial charge is 0.492 e. The van der Waals surface area contributed by atoms with Crippen LogP contribution in [0, 0.1) is 0 Å². The molecule has 0 spiro atoms. The van der Waals surface area contributed by atoms with E-state index in [0.29, 0.717) is 18.2 Å². The van der Waals surface area contributed by atoms with E-state index >= 15 is 0 Å². The number of aromatic nitrogens is 1. The molecule has 0 saturated carbocycles. The highest BCUT2D eigenvalue weighted by molar-refractivity contribution is 7.09. The summed E-state index contributed by atoms with van der Waals surface area (Å²) in [6.07, 6.45) is 4.45. The zero-order valence-electron chi connectivity index (χ0n) is 11.1. The van der Waals surface area contributed by atoms with Crippen LogP contribution >= 0.6 is 22.9 Å². The zero-order chi connectivity index (χ0) is 13.9. The Balaban J connectivity index is 1.67. The van der Waals surface area contributed by atoms with Crippen molar-refractivity contribution in [2.45, 2.75) is 32.2 Å². The fourth-order valence-electron chi connectivity index (χ4n) is 2.57. The van der Waals surface area contributed by atoms with E-state index in [0.717, 1.165) is 18.6 Å². The van der Waals surface area contributed by atoms with E-state index in [9.17, 15) is 4.79 Å². The summed E-state index contributed by atoms with van der Waals surface area (Å²) in [7, 11) is 0. The number of thiazole rings is 1. The van der Waals surface area contributed by atoms with Crippen LogP contribution in [0.15, 0.2) is 29.1 Å². The lowest BCUT2D eigenvalue weighted by Crippen LogP contribution is -2.21. The van der Waals surface area contributed by atoms with E-state index in [1.54, 1.807) is 6.07 Å². The molecule has 3 rings (SSSR count). The van der Waals surface area contributed by atoms with Crippen LogP contribution in [0.2, 0.25) is 5.02 Å². The molecule has 0 bridgehead atoms. The third-order valence-corrected chi connectivity index (χ3v) is 4.84. The van der Waals surface area contributed by atoms with Crippen molar-refractivity contribution in [1.82, 2.24) is 4.57 Å². The lowest BCUT2D eigenvalue weighted by molar-refractivity contribution is 0.295. The van der Waals surface area contributed by atoms with E-state index in [1.165, 1.54) is 34.7 Å². The van der Waals surface area contributed by atoms with E-state index in [-0.39, 0.29) is 4.87 Å². The highest BCUT2D eigenvalue weighted by Gasteiger charge is 2.17. The van der Waals surface area contributed by atoms with Crippen LogP contribution in [0.25, 0.3) is 0 Å². The molecule has 1 aliphatic carbocycles. The fourth-order valence-corrected chi connectivity index (χ4v) is 3.84. The molecular formula is C15H16ClNO2S. The number of aryl methyl sites for hydroxylation is 1. The highest BCUT2D eigenvalue weighted by Crippen LogP contribution is 2.23. The van der Waals surface area contributed by atoms with Gasteiger partial charge in [0, 0.05) is 15.6 Å². The summed E-state index contributed by atoms with van der Waals surface area (Å²) >= 11 is 7.31. The number of hydrogen-bond donors (Lipinski definition) is 0. The maximum Gasteiger partial charge on any atom is 0.307 e. The van der Waals surface area contributed by atoms with Gasteiger partial charge in [0.1, 0.15) is 12.4 Å². The van der Waals surface area contributed by atoms with Crippen molar-refractivity contribution in [3.8, 4) is 5.75 Å². The predicted molar refractivity (Wildman–Crippen MR) is 82.2 cm³/mol. The Morgan fingerprint density at radius 2 is 2.15 bits per heavy atom. The molecule has 20 heavy (non-hydrogen) atoms. The third kappa shape index (κ3) is 2.91. The van der Waals surface area contributed by atoms with Gasteiger partial charge in [-0.2, -0.15) is 0 Å². The molecule has 1 aromatic carbocycles. The first-order chi connectivity index (χ1) is 9.74. The molecule has 1 heterocycles. The van der Waals surface area contributed by atoms with Crippen LogP contribution < -0.4 is 9.61 Å². The smallest absolute Gasteiger partial charge is 0.307 e. The maximum absolute atomic E-state index is 12.0. The van der Waals surface area contributed by atoms with Gasteiger partial charge in [0.05, 0.1) is 6.54 Å². The number of hydrogen-bond acceptors (Lipinski definition) is 3. The molecule has 1 aromatic heterocycles. The molecule has 0 unspecified atom stereocenters. The summed E-state index contributed by atoms with van der Waals surface area (Å²) in [5.74, 6) is 0.745. The molecule has 0 saturated heterocycles. The molecule has 2 aromatic rings. The molecule has 5 heteroatoms. The topological polar surface area (TPSA) is 31.2 Å². The van der Waals surface area contributed by atoms with Crippen LogP contribution in [0.5, 0.6) is 5.75 Å². The van der Waals surface area contributed by atoms with Gasteiger partial charge in [-0.3, -0.25) is 9.36 Å². The average molecular weight is 310 g/mol. The minimum Gasteiger partial charge on any atom is -0.492 e. The van der Waals surface area contributed by atoms with Crippen LogP contribution in [0.3, 0.4) is 0 Å². The Kier molecular flexibility index (Phi) is 4.13. The number of halogens is 1. The number of rotatable bonds is 4. The first-order valence-electron chi connectivity index (χ1n) is 6.84. The summed E-state index contributed by atoms with van der Waals surface area (Å²) in [6.45, 7) is 1.10. The molecule has 0 N–H and O–H groups in total. The number of nitrogens with zero attached hydrogens (tertiary/aromatic N) is 1. The van der Waals surface area contributed by atoms with Crippen molar-refractivity contribution in [2.75, 3.05) is 6.61 Å². The van der Waals surface area contributed by atoms with Crippen LogP contribution in [-0.2, 0) is 19.4 Å². The van der Waals surface area contributed by atoms with Gasteiger partial charge in [-0.05, 0) is 43.9 Å². The Morgan fingerprint density at radius 3 is 3.00 bits per heavy atom. The molecule has 106 valence electrons. The van der Waals surface area contributed by atoms with E-state index in [4.69, 9.17) is 16.3 Å². The quantitative estimate of drug-likeness (QED) is 0.865. The fraction of sp³-hybridized carbons (Fsp3) is 0.400. The third-order valence-electron chi connectivity index (χ3n) is 3.53. The van der Waals surface area contributed by atoms with Gasteiger partial charge >= 0.3 is 4.87 Å². The summed E-state index contributed by atoms with van der Waals surface area (Å²) < 4.78 is 7.55. The Bertz CT molecular complexity index is 662. The number of ether oxygens (including phenoxy) is 1. The lowest BCUT2D eigenvalue weighted by Gasteiger charge is -2.14. The Hall–Kier alpha value is -1.26. The minimum absolute atomic E-state index is 0.145. The van der Waals surface area contributed by atoms with Gasteiger partial charge < -0.3 is 4.74 Å². The first kappa shape index (κ1) is 13.7. The second-order valence-corrected chi connectivity index (χ2v) is 6.39. The van der Waals surface area contributed by atoms with Gasteiger partial charge in [-0.25, -0.2) is 0 Å². The van der Waals surface area contributed by atoms with Crippen molar-refractivity contribution in [2.24, 2.45) is 0 Å². The summed E-state index contributed by atoms with van der Waals surface area (Å²) in [5, 5.41) is 0.660. The first-order valence-corrected chi connectivity index (χ1v) is 8.03. The standard InChI is InChI=1S/C15H16ClNO2S/c16-11-4-3-5-12(10-11)19-9-8-17-13-6-1-2-7-14(13)20-15(17)18/h3-5,10H,1-2,6-9H2. The average Bonchev–Trinajstić information content (AvgIpc) is 2.75. The predicted octanol–water partition coefficient (Wildman–Crippen LogP) is 3.52. The zero-order valence-corrected chi connectivity index (χ0v) is 12.7. The highest BCUT2D eigenvalue weighted by atomic mass is 35.5. The molecule has 0 aliphatic heterocycles. The Labute approximate surface area is 126 Å². The van der Waals surface area contributed by atoms with Crippen molar-refractivity contribution in [3.63, 3.8) is 0 Å². The van der Waals surface area contributed by atoms with Crippen LogP contribution in [0.4, 0.5) is 0 Å². The summed E-state index contributed by atoms with van der Waals surface area (Å²) in [5.41, 5.74) is 1.22. The SMILES string of the molecule is O=c1sc2c(n1CCOc1cccc(Cl)c1)CCCC2. The molecule has 0 amide bonds. The van der Waals surface area contributed by atoms with E-state index < -0.39 is 0 Å². The molecule has 0 radical (unpaired) electrons. The van der Waals surface area contributed by atoms with Crippen molar-refractivity contribution >= 4 is 22.9 Å². The van der Waals surface area contributed by atoms with Gasteiger partial charge in [-0.15, -0.1) is 0 Å². The molecule has 0 atom stereocenters. The van der Waals surface area contributed by atoms with Crippen molar-refractivity contribution < 1.29 is 4.74 Å². The van der Waals surface area contributed by atoms with Crippen LogP contribution in [-0.4, -0.2) is 11.2 Å². The monoisotopic (exact) mass is 309 g/mol. The molecule has 0 fully saturated rings. The van der Waals surface area contributed by atoms with Gasteiger partial charge in [0.15, 0.2) is 0 Å². The Morgan fingerprint density at radius 1 is 1.30 bits per heavy atom. The number of benzene rings is 1. The maximum atomic E-state index is 12.0. The van der Waals surface area contributed by atoms with Crippen molar-refractivity contribution in [3.05, 3.63) is 49.5 Å². The minimum atomic E-state index is 0.145. The van der Waals surface area contributed by atoms with Crippen LogP contribution in [0.1, 0.15) is 23.4 Å². The van der Waals surface area contributed by atoms with Gasteiger partial charge in [0.25, 0.3) is 0 Å². The molecule has 3 nitrogen and oxygen atoms in total. The summed E-state index contributed by atoms with van der Waals surface area (Å²) in [6, 6.07) is 7.33. The second-order valence-electron chi connectivity index (χ2n) is 4.90. The van der Waals surface area contributed by atoms with Crippen molar-refractivity contribution in [1.29, 1.82) is 0 Å². The molecule has 1 aliphatic rings. The van der Waals surface area contributed by atoms with E-state index in [1.807, 2.05) is 22.8 Å². The van der Waals surface area contributed by atoms with Gasteiger partial charge in [0.2, 0.25) is 0 Å². The lowest BCUT2D eigenvalue weighted by atomic mass is 10.0. The molecular weight excluding hydrogens is 294 g/mol. The normalized spacial score (nSPS) is 14.1. The second kappa shape index (κ2) is 6.02.